The first kappa shape index (κ1) is 19.4. The van der Waals surface area contributed by atoms with E-state index in [2.05, 4.69) is 6.58 Å². The topological polar surface area (TPSA) is 89.8 Å². The number of nitrogens with zero attached hydrogens (tertiary/aromatic N) is 2. The summed E-state index contributed by atoms with van der Waals surface area (Å²) in [5.41, 5.74) is 0.919. The van der Waals surface area contributed by atoms with Gasteiger partial charge in [-0.25, -0.2) is 0 Å². The molecular formula is C20H16N2O5S. The fourth-order valence-corrected chi connectivity index (χ4v) is 3.43. The number of rotatable bonds is 7. The van der Waals surface area contributed by atoms with Gasteiger partial charge in [0.15, 0.2) is 0 Å². The van der Waals surface area contributed by atoms with E-state index >= 15 is 0 Å². The first-order valence-electron chi connectivity index (χ1n) is 8.31. The Bertz CT molecular complexity index is 969. The van der Waals surface area contributed by atoms with E-state index in [4.69, 9.17) is 4.74 Å². The van der Waals surface area contributed by atoms with Gasteiger partial charge < -0.3 is 4.74 Å². The van der Waals surface area contributed by atoms with E-state index in [0.29, 0.717) is 17.9 Å². The third-order valence-electron chi connectivity index (χ3n) is 3.94. The first-order chi connectivity index (χ1) is 13.5. The van der Waals surface area contributed by atoms with Crippen molar-refractivity contribution < 1.29 is 19.2 Å². The SMILES string of the molecule is C=CCOc1ccc(/C=C2/SC(=O)N(Cc3ccccc3[N+](=O)[O-])C2=O)cc1. The van der Waals surface area contributed by atoms with Crippen molar-refractivity contribution in [1.82, 2.24) is 4.90 Å². The lowest BCUT2D eigenvalue weighted by atomic mass is 10.1. The van der Waals surface area contributed by atoms with Gasteiger partial charge in [-0.15, -0.1) is 0 Å². The zero-order chi connectivity index (χ0) is 20.1. The van der Waals surface area contributed by atoms with Crippen LogP contribution in [0, 0.1) is 10.1 Å². The molecule has 0 radical (unpaired) electrons. The molecule has 0 N–H and O–H groups in total. The second kappa shape index (κ2) is 8.53. The number of nitro benzene ring substituents is 1. The highest BCUT2D eigenvalue weighted by Crippen LogP contribution is 2.34. The van der Waals surface area contributed by atoms with E-state index in [0.717, 1.165) is 22.2 Å². The number of nitro groups is 1. The summed E-state index contributed by atoms with van der Waals surface area (Å²) < 4.78 is 5.40. The molecule has 1 aliphatic rings. The minimum Gasteiger partial charge on any atom is -0.490 e. The van der Waals surface area contributed by atoms with Gasteiger partial charge in [0.25, 0.3) is 16.8 Å². The molecule has 1 aliphatic heterocycles. The number of carbonyl (C=O) groups excluding carboxylic acids is 2. The Morgan fingerprint density at radius 1 is 1.14 bits per heavy atom. The van der Waals surface area contributed by atoms with Gasteiger partial charge in [0.05, 0.1) is 16.4 Å². The molecule has 0 saturated carbocycles. The van der Waals surface area contributed by atoms with Gasteiger partial charge in [-0.05, 0) is 35.5 Å². The van der Waals surface area contributed by atoms with Gasteiger partial charge >= 0.3 is 0 Å². The standard InChI is InChI=1S/C20H16N2O5S/c1-2-11-27-16-9-7-14(8-10-16)12-18-19(23)21(20(24)28-18)13-15-5-3-4-6-17(15)22(25)26/h2-10,12H,1,11,13H2/b18-12+. The summed E-state index contributed by atoms with van der Waals surface area (Å²) in [7, 11) is 0. The van der Waals surface area contributed by atoms with Crippen molar-refractivity contribution in [1.29, 1.82) is 0 Å². The van der Waals surface area contributed by atoms with Gasteiger partial charge in [-0.3, -0.25) is 24.6 Å². The largest absolute Gasteiger partial charge is 0.490 e. The van der Waals surface area contributed by atoms with E-state index in [-0.39, 0.29) is 17.1 Å². The molecule has 2 aromatic carbocycles. The van der Waals surface area contributed by atoms with Crippen LogP contribution in [0.1, 0.15) is 11.1 Å². The summed E-state index contributed by atoms with van der Waals surface area (Å²) in [6, 6.07) is 13.1. The van der Waals surface area contributed by atoms with E-state index < -0.39 is 16.1 Å². The van der Waals surface area contributed by atoms with Crippen LogP contribution in [0.2, 0.25) is 0 Å². The number of ether oxygens (including phenoxy) is 1. The number of thioether (sulfide) groups is 1. The van der Waals surface area contributed by atoms with Crippen LogP contribution in [0.4, 0.5) is 10.5 Å². The second-order valence-corrected chi connectivity index (χ2v) is 6.82. The molecular weight excluding hydrogens is 380 g/mol. The van der Waals surface area contributed by atoms with Gasteiger partial charge in [-0.2, -0.15) is 0 Å². The number of hydrogen-bond donors (Lipinski definition) is 0. The Kier molecular flexibility index (Phi) is 5.90. The van der Waals surface area contributed by atoms with E-state index in [1.54, 1.807) is 42.5 Å². The van der Waals surface area contributed by atoms with E-state index in [1.165, 1.54) is 18.2 Å². The third kappa shape index (κ3) is 4.29. The van der Waals surface area contributed by atoms with Gasteiger partial charge in [0.2, 0.25) is 0 Å². The highest BCUT2D eigenvalue weighted by atomic mass is 32.2. The summed E-state index contributed by atoms with van der Waals surface area (Å²) in [6.45, 7) is 3.83. The molecule has 8 heteroatoms. The van der Waals surface area contributed by atoms with Crippen molar-refractivity contribution in [3.8, 4) is 5.75 Å². The fourth-order valence-electron chi connectivity index (χ4n) is 2.60. The Hall–Kier alpha value is -3.39. The molecule has 0 spiro atoms. The lowest BCUT2D eigenvalue weighted by Crippen LogP contribution is -2.27. The highest BCUT2D eigenvalue weighted by molar-refractivity contribution is 8.18. The molecule has 142 valence electrons. The van der Waals surface area contributed by atoms with Crippen molar-refractivity contribution in [3.63, 3.8) is 0 Å². The number of para-hydroxylation sites is 1. The minimum absolute atomic E-state index is 0.124. The molecule has 1 saturated heterocycles. The van der Waals surface area contributed by atoms with Gasteiger partial charge in [0, 0.05) is 11.6 Å². The van der Waals surface area contributed by atoms with Gasteiger partial charge in [0.1, 0.15) is 12.4 Å². The van der Waals surface area contributed by atoms with Crippen LogP contribution in [0.25, 0.3) is 6.08 Å². The highest BCUT2D eigenvalue weighted by Gasteiger charge is 2.36. The average molecular weight is 396 g/mol. The molecule has 0 aromatic heterocycles. The predicted octanol–water partition coefficient (Wildman–Crippen LogP) is 4.40. The summed E-state index contributed by atoms with van der Waals surface area (Å²) in [5, 5.41) is 10.7. The van der Waals surface area contributed by atoms with Crippen molar-refractivity contribution in [2.24, 2.45) is 0 Å². The Labute approximate surface area is 165 Å². The number of benzene rings is 2. The molecule has 1 fully saturated rings. The maximum atomic E-state index is 12.6. The number of hydrogen-bond acceptors (Lipinski definition) is 6. The van der Waals surface area contributed by atoms with Crippen LogP contribution in [-0.4, -0.2) is 27.6 Å². The van der Waals surface area contributed by atoms with Crippen LogP contribution in [0.5, 0.6) is 5.75 Å². The smallest absolute Gasteiger partial charge is 0.293 e. The predicted molar refractivity (Wildman–Crippen MR) is 107 cm³/mol. The zero-order valence-electron chi connectivity index (χ0n) is 14.7. The van der Waals surface area contributed by atoms with Crippen molar-refractivity contribution in [3.05, 3.63) is 87.3 Å². The van der Waals surface area contributed by atoms with Crippen LogP contribution >= 0.6 is 11.8 Å². The summed E-state index contributed by atoms with van der Waals surface area (Å²) in [6.07, 6.45) is 3.25. The van der Waals surface area contributed by atoms with Crippen LogP contribution in [0.15, 0.2) is 66.1 Å². The Morgan fingerprint density at radius 2 is 1.86 bits per heavy atom. The molecule has 28 heavy (non-hydrogen) atoms. The van der Waals surface area contributed by atoms with E-state index in [9.17, 15) is 19.7 Å². The molecule has 0 bridgehead atoms. The summed E-state index contributed by atoms with van der Waals surface area (Å²) in [4.78, 5) is 36.8. The molecule has 2 amide bonds. The van der Waals surface area contributed by atoms with Crippen LogP contribution in [-0.2, 0) is 11.3 Å². The normalized spacial score (nSPS) is 15.1. The van der Waals surface area contributed by atoms with Crippen molar-refractivity contribution in [2.45, 2.75) is 6.54 Å². The zero-order valence-corrected chi connectivity index (χ0v) is 15.6. The van der Waals surface area contributed by atoms with Crippen LogP contribution < -0.4 is 4.74 Å². The molecule has 3 rings (SSSR count). The molecule has 2 aromatic rings. The lowest BCUT2D eigenvalue weighted by Gasteiger charge is -2.12. The second-order valence-electron chi connectivity index (χ2n) is 5.82. The molecule has 0 aliphatic carbocycles. The minimum atomic E-state index is -0.528. The Balaban J connectivity index is 1.77. The van der Waals surface area contributed by atoms with Crippen molar-refractivity contribution >= 4 is 34.7 Å². The lowest BCUT2D eigenvalue weighted by molar-refractivity contribution is -0.385. The molecule has 1 heterocycles. The molecule has 7 nitrogen and oxygen atoms in total. The van der Waals surface area contributed by atoms with Crippen molar-refractivity contribution in [2.75, 3.05) is 6.61 Å². The maximum Gasteiger partial charge on any atom is 0.293 e. The van der Waals surface area contributed by atoms with Crippen LogP contribution in [0.3, 0.4) is 0 Å². The maximum absolute atomic E-state index is 12.6. The Morgan fingerprint density at radius 3 is 2.54 bits per heavy atom. The number of carbonyl (C=O) groups is 2. The molecule has 0 unspecified atom stereocenters. The fraction of sp³-hybridized carbons (Fsp3) is 0.100. The average Bonchev–Trinajstić information content (AvgIpc) is 2.95. The quantitative estimate of drug-likeness (QED) is 0.298. The molecule has 0 atom stereocenters. The first-order valence-corrected chi connectivity index (χ1v) is 9.12. The van der Waals surface area contributed by atoms with Gasteiger partial charge in [-0.1, -0.05) is 43.0 Å². The third-order valence-corrected chi connectivity index (χ3v) is 4.84. The summed E-state index contributed by atoms with van der Waals surface area (Å²) >= 11 is 0.812. The number of amides is 2. The monoisotopic (exact) mass is 396 g/mol. The summed E-state index contributed by atoms with van der Waals surface area (Å²) in [5.74, 6) is 0.196. The number of imide groups is 1. The van der Waals surface area contributed by atoms with E-state index in [1.807, 2.05) is 0 Å².